The Bertz CT molecular complexity index is 3310. The Kier molecular flexibility index (Phi) is 8.57. The van der Waals surface area contributed by atoms with Gasteiger partial charge in [0.1, 0.15) is 0 Å². The maximum Gasteiger partial charge on any atom is 0.0726 e. The smallest absolute Gasteiger partial charge is 0.0726 e. The maximum absolute atomic E-state index is 2.53. The highest BCUT2D eigenvalue weighted by Gasteiger charge is 2.52. The van der Waals surface area contributed by atoms with Crippen molar-refractivity contribution >= 4 is 17.1 Å². The van der Waals surface area contributed by atoms with Gasteiger partial charge in [-0.15, -0.1) is 0 Å². The van der Waals surface area contributed by atoms with Gasteiger partial charge < -0.3 is 4.90 Å². The van der Waals surface area contributed by atoms with Gasteiger partial charge in [0.25, 0.3) is 0 Å². The fourth-order valence-corrected chi connectivity index (χ4v) is 11.9. The summed E-state index contributed by atoms with van der Waals surface area (Å²) in [6.07, 6.45) is 0. The van der Waals surface area contributed by atoms with E-state index >= 15 is 0 Å². The Labute approximate surface area is 384 Å². The average Bonchev–Trinajstić information content (AvgIpc) is 3.91. The lowest BCUT2D eigenvalue weighted by Crippen LogP contribution is -2.29. The number of hydrogen-bond acceptors (Lipinski definition) is 1. The van der Waals surface area contributed by atoms with Crippen LogP contribution in [0.5, 0.6) is 0 Å². The predicted molar refractivity (Wildman–Crippen MR) is 272 cm³/mol. The Morgan fingerprint density at radius 2 is 0.646 bits per heavy atom. The maximum atomic E-state index is 2.53. The number of benzene rings is 9. The summed E-state index contributed by atoms with van der Waals surface area (Å²) in [6, 6.07) is 80.8. The van der Waals surface area contributed by atoms with Crippen molar-refractivity contribution in [1.29, 1.82) is 0 Å². The second kappa shape index (κ2) is 14.1. The van der Waals surface area contributed by atoms with Crippen LogP contribution in [-0.4, -0.2) is 0 Å². The molecular formula is C64H53N. The van der Waals surface area contributed by atoms with Crippen LogP contribution in [0.2, 0.25) is 0 Å². The third-order valence-electron chi connectivity index (χ3n) is 14.9. The molecule has 2 unspecified atom stereocenters. The SMILES string of the molecule is CC(C)(C)c1ccc(C2(c3ccccc3)c3ccccc3-c3ccc(N(c4ccccc4)c4ccc5c(c4)C4(c6ccccc6-5)c5ccccc5-c5ccc(C(C)(C)C)cc54)cc32)cc1. The lowest BCUT2D eigenvalue weighted by Gasteiger charge is -2.35. The highest BCUT2D eigenvalue weighted by molar-refractivity contribution is 5.97. The Morgan fingerprint density at radius 3 is 1.15 bits per heavy atom. The highest BCUT2D eigenvalue weighted by atomic mass is 15.1. The summed E-state index contributed by atoms with van der Waals surface area (Å²) in [5.74, 6) is 0. The normalized spacial score (nSPS) is 17.5. The van der Waals surface area contributed by atoms with E-state index in [9.17, 15) is 0 Å². The van der Waals surface area contributed by atoms with E-state index in [-0.39, 0.29) is 10.8 Å². The summed E-state index contributed by atoms with van der Waals surface area (Å²) >= 11 is 0. The van der Waals surface area contributed by atoms with Crippen molar-refractivity contribution < 1.29 is 0 Å². The van der Waals surface area contributed by atoms with Crippen molar-refractivity contribution in [2.24, 2.45) is 0 Å². The average molecular weight is 836 g/mol. The summed E-state index contributed by atoms with van der Waals surface area (Å²) in [4.78, 5) is 2.49. The standard InChI is InChI=1S/C64H53N/c1-61(2,3)42-29-31-44(32-30-42)63(43-19-9-7-10-20-43)55-26-16-13-23-49(55)53-37-34-47(40-59(53)63)65(46-21-11-8-12-22-46)48-35-38-54-51-25-15-18-28-57(51)64(60(54)41-48)56-27-17-14-24-50(56)52-36-33-45(39-58(52)64)62(4,5)6/h7-41H,1-6H3. The van der Waals surface area contributed by atoms with Crippen molar-refractivity contribution in [3.05, 3.63) is 268 Å². The molecule has 2 atom stereocenters. The van der Waals surface area contributed by atoms with E-state index in [4.69, 9.17) is 0 Å². The summed E-state index contributed by atoms with van der Waals surface area (Å²) in [7, 11) is 0. The highest BCUT2D eigenvalue weighted by Crippen LogP contribution is 2.64. The van der Waals surface area contributed by atoms with E-state index in [2.05, 4.69) is 259 Å². The number of rotatable bonds is 5. The van der Waals surface area contributed by atoms with Gasteiger partial charge in [-0.25, -0.2) is 0 Å². The van der Waals surface area contributed by atoms with Crippen LogP contribution in [0.3, 0.4) is 0 Å². The fourth-order valence-electron chi connectivity index (χ4n) is 11.9. The van der Waals surface area contributed by atoms with Gasteiger partial charge in [0, 0.05) is 17.1 Å². The van der Waals surface area contributed by atoms with Crippen LogP contribution < -0.4 is 4.90 Å². The molecule has 0 saturated heterocycles. The molecule has 0 heterocycles. The molecule has 0 aliphatic heterocycles. The monoisotopic (exact) mass is 835 g/mol. The number of fused-ring (bicyclic) bond motifs is 13. The summed E-state index contributed by atoms with van der Waals surface area (Å²) in [5, 5.41) is 0. The van der Waals surface area contributed by atoms with E-state index in [0.717, 1.165) is 17.1 Å². The number of nitrogens with zero attached hydrogens (tertiary/aromatic N) is 1. The van der Waals surface area contributed by atoms with Gasteiger partial charge in [-0.1, -0.05) is 217 Å². The number of hydrogen-bond donors (Lipinski definition) is 0. The number of anilines is 3. The number of para-hydroxylation sites is 1. The van der Waals surface area contributed by atoms with Crippen molar-refractivity contribution in [1.82, 2.24) is 0 Å². The van der Waals surface area contributed by atoms with Crippen LogP contribution >= 0.6 is 0 Å². The summed E-state index contributed by atoms with van der Waals surface area (Å²) in [5.41, 5.74) is 23.5. The second-order valence-electron chi connectivity index (χ2n) is 20.5. The quantitative estimate of drug-likeness (QED) is 0.167. The van der Waals surface area contributed by atoms with Gasteiger partial charge in [-0.2, -0.15) is 0 Å². The Morgan fingerprint density at radius 1 is 0.277 bits per heavy atom. The zero-order valence-corrected chi connectivity index (χ0v) is 38.2. The topological polar surface area (TPSA) is 3.24 Å². The van der Waals surface area contributed by atoms with Crippen molar-refractivity contribution in [2.75, 3.05) is 4.90 Å². The van der Waals surface area contributed by atoms with Crippen LogP contribution in [-0.2, 0) is 21.7 Å². The minimum atomic E-state index is -0.534. The molecule has 0 saturated carbocycles. The first-order valence-electron chi connectivity index (χ1n) is 23.3. The van der Waals surface area contributed by atoms with Crippen molar-refractivity contribution in [3.63, 3.8) is 0 Å². The third-order valence-corrected chi connectivity index (χ3v) is 14.9. The van der Waals surface area contributed by atoms with E-state index in [1.54, 1.807) is 0 Å². The third kappa shape index (κ3) is 5.58. The van der Waals surface area contributed by atoms with Crippen LogP contribution in [0.4, 0.5) is 17.1 Å². The first-order valence-corrected chi connectivity index (χ1v) is 23.3. The molecule has 12 rings (SSSR count). The van der Waals surface area contributed by atoms with Crippen molar-refractivity contribution in [3.8, 4) is 33.4 Å². The van der Waals surface area contributed by atoms with Gasteiger partial charge >= 0.3 is 0 Å². The lowest BCUT2D eigenvalue weighted by molar-refractivity contribution is 0.588. The molecule has 0 bridgehead atoms. The van der Waals surface area contributed by atoms with Crippen LogP contribution in [0, 0.1) is 0 Å². The van der Waals surface area contributed by atoms with E-state index < -0.39 is 10.8 Å². The molecule has 0 aromatic heterocycles. The zero-order chi connectivity index (χ0) is 44.3. The molecule has 0 radical (unpaired) electrons. The molecule has 3 aliphatic carbocycles. The first-order chi connectivity index (χ1) is 31.5. The molecule has 1 heteroatoms. The zero-order valence-electron chi connectivity index (χ0n) is 38.2. The predicted octanol–water partition coefficient (Wildman–Crippen LogP) is 16.5. The molecule has 314 valence electrons. The van der Waals surface area contributed by atoms with Gasteiger partial charge in [0.05, 0.1) is 10.8 Å². The molecule has 3 aliphatic rings. The van der Waals surface area contributed by atoms with E-state index in [1.165, 1.54) is 89.0 Å². The largest absolute Gasteiger partial charge is 0.310 e. The van der Waals surface area contributed by atoms with E-state index in [1.807, 2.05) is 0 Å². The first kappa shape index (κ1) is 39.4. The van der Waals surface area contributed by atoms with Crippen molar-refractivity contribution in [2.45, 2.75) is 63.2 Å². The summed E-state index contributed by atoms with van der Waals surface area (Å²) in [6.45, 7) is 13.9. The van der Waals surface area contributed by atoms with Gasteiger partial charge in [0.2, 0.25) is 0 Å². The van der Waals surface area contributed by atoms with Gasteiger partial charge in [-0.05, 0) is 136 Å². The second-order valence-corrected chi connectivity index (χ2v) is 20.5. The molecule has 1 nitrogen and oxygen atoms in total. The summed E-state index contributed by atoms with van der Waals surface area (Å²) < 4.78 is 0. The van der Waals surface area contributed by atoms with Crippen LogP contribution in [0.15, 0.2) is 212 Å². The minimum Gasteiger partial charge on any atom is -0.310 e. The molecule has 0 fully saturated rings. The Hall–Kier alpha value is -7.22. The minimum absolute atomic E-state index is 0.00523. The molecule has 0 N–H and O–H groups in total. The molecular weight excluding hydrogens is 783 g/mol. The molecule has 9 aromatic rings. The molecule has 9 aromatic carbocycles. The molecule has 65 heavy (non-hydrogen) atoms. The lowest BCUT2D eigenvalue weighted by atomic mass is 9.67. The fraction of sp³-hybridized carbons (Fsp3) is 0.156. The molecule has 1 spiro atoms. The Balaban J connectivity index is 1.12. The van der Waals surface area contributed by atoms with Gasteiger partial charge in [-0.3, -0.25) is 0 Å². The van der Waals surface area contributed by atoms with Crippen LogP contribution in [0.25, 0.3) is 33.4 Å². The molecule has 0 amide bonds. The van der Waals surface area contributed by atoms with Crippen LogP contribution in [0.1, 0.15) is 97.2 Å². The van der Waals surface area contributed by atoms with Gasteiger partial charge in [0.15, 0.2) is 0 Å². The van der Waals surface area contributed by atoms with E-state index in [0.29, 0.717) is 0 Å².